The number of imide groups is 1. The largest absolute Gasteiger partial charge is 0.397 e. The first-order chi connectivity index (χ1) is 15.8. The Bertz CT molecular complexity index is 1310. The summed E-state index contributed by atoms with van der Waals surface area (Å²) >= 11 is 0. The number of guanidine groups is 1. The van der Waals surface area contributed by atoms with Gasteiger partial charge in [-0.1, -0.05) is 12.1 Å². The fourth-order valence-corrected chi connectivity index (χ4v) is 3.45. The molecule has 4 rings (SSSR count). The minimum atomic E-state index is -0.921. The second-order valence-corrected chi connectivity index (χ2v) is 6.99. The van der Waals surface area contributed by atoms with Crippen molar-refractivity contribution < 1.29 is 19.2 Å². The van der Waals surface area contributed by atoms with E-state index in [1.54, 1.807) is 18.3 Å². The second kappa shape index (κ2) is 8.16. The Balaban J connectivity index is 1.75. The molecule has 164 valence electrons. The molecule has 1 unspecified atom stereocenters. The molecule has 0 saturated carbocycles. The third kappa shape index (κ3) is 3.70. The first kappa shape index (κ1) is 21.1. The van der Waals surface area contributed by atoms with Crippen LogP contribution < -0.4 is 22.1 Å². The van der Waals surface area contributed by atoms with Gasteiger partial charge in [-0.3, -0.25) is 14.9 Å². The van der Waals surface area contributed by atoms with Crippen LogP contribution in [0.5, 0.6) is 0 Å². The molecule has 13 nitrogen and oxygen atoms in total. The number of hydroxylamine groups is 2. The molecule has 0 bridgehead atoms. The predicted octanol–water partition coefficient (Wildman–Crippen LogP) is 0.280. The van der Waals surface area contributed by atoms with Crippen LogP contribution >= 0.6 is 0 Å². The van der Waals surface area contributed by atoms with E-state index in [0.717, 1.165) is 0 Å². The number of nitrogens with one attached hydrogen (secondary N) is 2. The number of nitriles is 2. The third-order valence-corrected chi connectivity index (χ3v) is 4.98. The zero-order valence-corrected chi connectivity index (χ0v) is 16.8. The lowest BCUT2D eigenvalue weighted by atomic mass is 9.94. The number of nitrogens with two attached hydrogens (primary N) is 2. The molecule has 0 spiro atoms. The zero-order chi connectivity index (χ0) is 23.7. The van der Waals surface area contributed by atoms with Crippen molar-refractivity contribution >= 4 is 41.1 Å². The molecule has 1 aromatic carbocycles. The molecule has 0 radical (unpaired) electrons. The summed E-state index contributed by atoms with van der Waals surface area (Å²) in [7, 11) is 0. The summed E-state index contributed by atoms with van der Waals surface area (Å²) in [5, 5.41) is 24.0. The lowest BCUT2D eigenvalue weighted by molar-refractivity contribution is -0.172. The lowest BCUT2D eigenvalue weighted by Crippen LogP contribution is -2.33. The van der Waals surface area contributed by atoms with Gasteiger partial charge in [0.25, 0.3) is 11.8 Å². The maximum Gasteiger partial charge on any atom is 0.363 e. The SMILES string of the molecule is N#CNC1=NC(c2cccc(C(=O)ON3C(=O)CCC3=O)c2)c2c(nc(N)c(C#N)c2N)N1. The quantitative estimate of drug-likeness (QED) is 0.286. The van der Waals surface area contributed by atoms with Gasteiger partial charge in [0.1, 0.15) is 29.3 Å². The average Bonchev–Trinajstić information content (AvgIpc) is 3.11. The molecule has 1 saturated heterocycles. The third-order valence-electron chi connectivity index (χ3n) is 4.98. The Morgan fingerprint density at radius 1 is 1.24 bits per heavy atom. The van der Waals surface area contributed by atoms with Gasteiger partial charge >= 0.3 is 5.97 Å². The molecule has 2 aliphatic rings. The van der Waals surface area contributed by atoms with E-state index in [0.29, 0.717) is 16.2 Å². The highest BCUT2D eigenvalue weighted by Crippen LogP contribution is 2.40. The van der Waals surface area contributed by atoms with Gasteiger partial charge in [-0.2, -0.15) is 10.5 Å². The van der Waals surface area contributed by atoms with Crippen LogP contribution in [0.4, 0.5) is 17.3 Å². The van der Waals surface area contributed by atoms with E-state index in [2.05, 4.69) is 20.6 Å². The standard InChI is InChI=1S/C20H15N9O4/c21-7-11-15(23)14-16(26-20(25-8-22)28-18(14)27-17(11)24)9-2-1-3-10(6-9)19(32)33-29-12(30)4-5-13(29)31/h1-3,6,16H,4-5H2,(H6,23,24,25,26,27,28). The van der Waals surface area contributed by atoms with Gasteiger partial charge in [-0.15, -0.1) is 5.06 Å². The molecule has 13 heteroatoms. The fraction of sp³-hybridized carbons (Fsp3) is 0.150. The summed E-state index contributed by atoms with van der Waals surface area (Å²) < 4.78 is 0. The Morgan fingerprint density at radius 2 is 1.97 bits per heavy atom. The monoisotopic (exact) mass is 445 g/mol. The maximum absolute atomic E-state index is 12.6. The van der Waals surface area contributed by atoms with Gasteiger partial charge in [-0.25, -0.2) is 14.8 Å². The van der Waals surface area contributed by atoms with E-state index in [1.807, 2.05) is 6.07 Å². The first-order valence-electron chi connectivity index (χ1n) is 9.51. The molecule has 3 heterocycles. The van der Waals surface area contributed by atoms with Crippen molar-refractivity contribution in [3.8, 4) is 12.3 Å². The van der Waals surface area contributed by atoms with Crippen molar-refractivity contribution in [2.75, 3.05) is 16.8 Å². The highest BCUT2D eigenvalue weighted by molar-refractivity contribution is 6.03. The molecule has 0 aliphatic carbocycles. The summed E-state index contributed by atoms with van der Waals surface area (Å²) in [5.41, 5.74) is 12.8. The zero-order valence-electron chi connectivity index (χ0n) is 16.8. The van der Waals surface area contributed by atoms with Crippen LogP contribution in [-0.2, 0) is 14.4 Å². The minimum Gasteiger partial charge on any atom is -0.397 e. The number of nitrogens with zero attached hydrogens (tertiary/aromatic N) is 5. The Morgan fingerprint density at radius 3 is 2.64 bits per heavy atom. The second-order valence-electron chi connectivity index (χ2n) is 6.99. The van der Waals surface area contributed by atoms with Gasteiger partial charge in [0.15, 0.2) is 6.19 Å². The number of carbonyl (C=O) groups excluding carboxylic acids is 3. The highest BCUT2D eigenvalue weighted by Gasteiger charge is 2.34. The number of hydrogen-bond donors (Lipinski definition) is 4. The predicted molar refractivity (Wildman–Crippen MR) is 112 cm³/mol. The van der Waals surface area contributed by atoms with Gasteiger partial charge in [0.05, 0.1) is 11.3 Å². The first-order valence-corrected chi connectivity index (χ1v) is 9.51. The highest BCUT2D eigenvalue weighted by atomic mass is 16.7. The Hall–Kier alpha value is -5.17. The van der Waals surface area contributed by atoms with E-state index in [4.69, 9.17) is 21.6 Å². The maximum atomic E-state index is 12.6. The summed E-state index contributed by atoms with van der Waals surface area (Å²) in [6.45, 7) is 0. The number of carbonyl (C=O) groups is 3. The van der Waals surface area contributed by atoms with Crippen LogP contribution in [-0.4, -0.2) is 33.8 Å². The van der Waals surface area contributed by atoms with Crippen LogP contribution in [0.3, 0.4) is 0 Å². The minimum absolute atomic E-state index is 0.0297. The van der Waals surface area contributed by atoms with Gasteiger partial charge in [0.2, 0.25) is 5.96 Å². The Labute approximate surface area is 186 Å². The number of benzene rings is 1. The van der Waals surface area contributed by atoms with Crippen LogP contribution in [0.2, 0.25) is 0 Å². The summed E-state index contributed by atoms with van der Waals surface area (Å²) in [6.07, 6.45) is 1.68. The topological polar surface area (TPSA) is 213 Å². The van der Waals surface area contributed by atoms with Crippen molar-refractivity contribution in [3.63, 3.8) is 0 Å². The number of fused-ring (bicyclic) bond motifs is 1. The molecular formula is C20H15N9O4. The van der Waals surface area contributed by atoms with E-state index in [1.165, 1.54) is 12.1 Å². The number of nitrogen functional groups attached to an aromatic ring is 2. The molecule has 6 N–H and O–H groups in total. The summed E-state index contributed by atoms with van der Waals surface area (Å²) in [6, 6.07) is 7.07. The molecule has 33 heavy (non-hydrogen) atoms. The van der Waals surface area contributed by atoms with E-state index in [-0.39, 0.29) is 47.3 Å². The number of rotatable bonds is 3. The molecule has 2 aliphatic heterocycles. The number of hydrogen-bond acceptors (Lipinski definition) is 12. The number of pyridine rings is 1. The number of anilines is 3. The summed E-state index contributed by atoms with van der Waals surface area (Å²) in [5.74, 6) is -2.00. The molecular weight excluding hydrogens is 430 g/mol. The van der Waals surface area contributed by atoms with Crippen molar-refractivity contribution in [1.29, 1.82) is 10.5 Å². The van der Waals surface area contributed by atoms with Crippen LogP contribution in [0.1, 0.15) is 45.9 Å². The summed E-state index contributed by atoms with van der Waals surface area (Å²) in [4.78, 5) is 49.6. The van der Waals surface area contributed by atoms with E-state index >= 15 is 0 Å². The van der Waals surface area contributed by atoms with Gasteiger partial charge in [-0.05, 0) is 17.7 Å². The van der Waals surface area contributed by atoms with Gasteiger partial charge < -0.3 is 21.6 Å². The molecule has 1 aromatic heterocycles. The fourth-order valence-electron chi connectivity index (χ4n) is 3.45. The van der Waals surface area contributed by atoms with Crippen molar-refractivity contribution in [1.82, 2.24) is 15.4 Å². The smallest absolute Gasteiger partial charge is 0.363 e. The average molecular weight is 445 g/mol. The van der Waals surface area contributed by atoms with Gasteiger partial charge in [0, 0.05) is 18.4 Å². The molecule has 1 fully saturated rings. The van der Waals surface area contributed by atoms with E-state index < -0.39 is 23.8 Å². The van der Waals surface area contributed by atoms with Crippen LogP contribution in [0, 0.1) is 22.8 Å². The molecule has 2 amide bonds. The number of aromatic nitrogens is 1. The normalized spacial score (nSPS) is 16.7. The molecule has 1 atom stereocenters. The number of amides is 2. The van der Waals surface area contributed by atoms with Crippen molar-refractivity contribution in [2.24, 2.45) is 4.99 Å². The van der Waals surface area contributed by atoms with Crippen LogP contribution in [0.25, 0.3) is 0 Å². The lowest BCUT2D eigenvalue weighted by Gasteiger charge is -2.26. The Kier molecular flexibility index (Phi) is 5.21. The number of aliphatic imine (C=N–C) groups is 1. The molecule has 2 aromatic rings. The van der Waals surface area contributed by atoms with E-state index in [9.17, 15) is 19.6 Å². The van der Waals surface area contributed by atoms with Crippen molar-refractivity contribution in [2.45, 2.75) is 18.9 Å². The van der Waals surface area contributed by atoms with Crippen molar-refractivity contribution in [3.05, 3.63) is 46.5 Å². The van der Waals surface area contributed by atoms with Crippen LogP contribution in [0.15, 0.2) is 29.3 Å².